The van der Waals surface area contributed by atoms with Gasteiger partial charge in [0.05, 0.1) is 0 Å². The molecule has 23 heavy (non-hydrogen) atoms. The van der Waals surface area contributed by atoms with Crippen molar-refractivity contribution in [2.24, 2.45) is 0 Å². The summed E-state index contributed by atoms with van der Waals surface area (Å²) in [6, 6.07) is 1.81. The van der Waals surface area contributed by atoms with Crippen LogP contribution in [0.4, 0.5) is 5.13 Å². The van der Waals surface area contributed by atoms with E-state index in [0.717, 1.165) is 36.9 Å². The number of carbonyl (C=O) groups excluding carboxylic acids is 1. The highest BCUT2D eigenvalue weighted by molar-refractivity contribution is 7.09. The van der Waals surface area contributed by atoms with Crippen molar-refractivity contribution >= 4 is 22.6 Å². The van der Waals surface area contributed by atoms with Crippen LogP contribution in [0, 0.1) is 6.92 Å². The summed E-state index contributed by atoms with van der Waals surface area (Å²) < 4.78 is 9.34. The summed E-state index contributed by atoms with van der Waals surface area (Å²) in [6.45, 7) is 7.71. The van der Waals surface area contributed by atoms with Gasteiger partial charge in [-0.3, -0.25) is 4.79 Å². The molecule has 0 unspecified atom stereocenters. The predicted octanol–water partition coefficient (Wildman–Crippen LogP) is 2.36. The molecule has 1 aliphatic heterocycles. The van der Waals surface area contributed by atoms with E-state index in [-0.39, 0.29) is 11.9 Å². The molecular formula is C15H21N5O2S. The Bertz CT molecular complexity index is 673. The molecule has 0 aliphatic carbocycles. The molecule has 2 aromatic heterocycles. The Kier molecular flexibility index (Phi) is 4.61. The molecule has 0 radical (unpaired) electrons. The molecular weight excluding hydrogens is 314 g/mol. The Labute approximate surface area is 139 Å². The number of aromatic nitrogens is 3. The summed E-state index contributed by atoms with van der Waals surface area (Å²) in [7, 11) is 0. The van der Waals surface area contributed by atoms with Gasteiger partial charge in [0.1, 0.15) is 11.6 Å². The molecule has 8 heteroatoms. The van der Waals surface area contributed by atoms with Gasteiger partial charge >= 0.3 is 0 Å². The maximum Gasteiger partial charge on any atom is 0.273 e. The molecule has 3 rings (SSSR count). The third kappa shape index (κ3) is 3.69. The van der Waals surface area contributed by atoms with Crippen molar-refractivity contribution in [2.45, 2.75) is 45.6 Å². The van der Waals surface area contributed by atoms with Crippen molar-refractivity contribution in [1.82, 2.24) is 19.8 Å². The lowest BCUT2D eigenvalue weighted by Gasteiger charge is -2.31. The second kappa shape index (κ2) is 6.66. The lowest BCUT2D eigenvalue weighted by atomic mass is 10.1. The van der Waals surface area contributed by atoms with Crippen LogP contribution in [0.15, 0.2) is 10.6 Å². The first-order valence-corrected chi connectivity index (χ1v) is 8.63. The number of nitrogens with zero attached hydrogens (tertiary/aromatic N) is 4. The van der Waals surface area contributed by atoms with Gasteiger partial charge in [-0.1, -0.05) is 19.0 Å². The first-order valence-electron chi connectivity index (χ1n) is 7.85. The number of hydrogen-bond acceptors (Lipinski definition) is 7. The van der Waals surface area contributed by atoms with E-state index in [1.165, 1.54) is 11.5 Å². The summed E-state index contributed by atoms with van der Waals surface area (Å²) in [5, 5.41) is 7.75. The van der Waals surface area contributed by atoms with Gasteiger partial charge in [-0.15, -0.1) is 0 Å². The van der Waals surface area contributed by atoms with Crippen LogP contribution in [0.25, 0.3) is 0 Å². The van der Waals surface area contributed by atoms with Crippen LogP contribution in [-0.2, 0) is 0 Å². The highest BCUT2D eigenvalue weighted by Crippen LogP contribution is 2.24. The largest absolute Gasteiger partial charge is 0.361 e. The first kappa shape index (κ1) is 15.9. The number of nitrogens with one attached hydrogen (secondary N) is 1. The van der Waals surface area contributed by atoms with E-state index in [0.29, 0.717) is 17.4 Å². The van der Waals surface area contributed by atoms with Crippen LogP contribution in [-0.4, -0.2) is 39.6 Å². The summed E-state index contributed by atoms with van der Waals surface area (Å²) in [6.07, 6.45) is 1.78. The first-order chi connectivity index (χ1) is 11.0. The van der Waals surface area contributed by atoms with Crippen molar-refractivity contribution < 1.29 is 9.32 Å². The van der Waals surface area contributed by atoms with E-state index < -0.39 is 0 Å². The number of anilines is 1. The Morgan fingerprint density at radius 1 is 1.43 bits per heavy atom. The maximum atomic E-state index is 12.1. The molecule has 0 atom stereocenters. The fourth-order valence-corrected chi connectivity index (χ4v) is 3.40. The minimum absolute atomic E-state index is 0.160. The number of piperidine rings is 1. The van der Waals surface area contributed by atoms with Crippen molar-refractivity contribution in [3.63, 3.8) is 0 Å². The Balaban J connectivity index is 1.52. The molecule has 1 amide bonds. The molecule has 3 heterocycles. The molecule has 0 bridgehead atoms. The van der Waals surface area contributed by atoms with E-state index in [4.69, 9.17) is 4.52 Å². The second-order valence-corrected chi connectivity index (χ2v) is 6.88. The fourth-order valence-electron chi connectivity index (χ4n) is 2.54. The minimum Gasteiger partial charge on any atom is -0.361 e. The third-order valence-corrected chi connectivity index (χ3v) is 4.70. The van der Waals surface area contributed by atoms with Crippen LogP contribution in [0.3, 0.4) is 0 Å². The van der Waals surface area contributed by atoms with Crippen molar-refractivity contribution in [2.75, 3.05) is 18.0 Å². The zero-order chi connectivity index (χ0) is 16.4. The van der Waals surface area contributed by atoms with Gasteiger partial charge in [-0.25, -0.2) is 4.98 Å². The summed E-state index contributed by atoms with van der Waals surface area (Å²) in [5.74, 6) is 1.73. The van der Waals surface area contributed by atoms with Crippen molar-refractivity contribution in [3.8, 4) is 0 Å². The Morgan fingerprint density at radius 2 is 2.17 bits per heavy atom. The van der Waals surface area contributed by atoms with E-state index in [9.17, 15) is 4.79 Å². The zero-order valence-corrected chi connectivity index (χ0v) is 14.4. The van der Waals surface area contributed by atoms with Crippen LogP contribution < -0.4 is 10.2 Å². The highest BCUT2D eigenvalue weighted by Gasteiger charge is 2.24. The SMILES string of the molecule is Cc1cc(C(=O)NC2CCN(c3nc(C(C)C)ns3)CC2)no1. The number of rotatable bonds is 4. The molecule has 0 aromatic carbocycles. The Hall–Kier alpha value is -1.96. The maximum absolute atomic E-state index is 12.1. The zero-order valence-electron chi connectivity index (χ0n) is 13.6. The average molecular weight is 335 g/mol. The topological polar surface area (TPSA) is 84.2 Å². The van der Waals surface area contributed by atoms with Gasteiger partial charge in [0.2, 0.25) is 5.13 Å². The molecule has 124 valence electrons. The average Bonchev–Trinajstić information content (AvgIpc) is 3.17. The number of hydrogen-bond donors (Lipinski definition) is 1. The monoisotopic (exact) mass is 335 g/mol. The van der Waals surface area contributed by atoms with Crippen molar-refractivity contribution in [1.29, 1.82) is 0 Å². The molecule has 1 saturated heterocycles. The molecule has 0 spiro atoms. The summed E-state index contributed by atoms with van der Waals surface area (Å²) >= 11 is 1.45. The smallest absolute Gasteiger partial charge is 0.273 e. The molecule has 1 aliphatic rings. The van der Waals surface area contributed by atoms with E-state index in [2.05, 4.69) is 38.6 Å². The third-order valence-electron chi connectivity index (χ3n) is 3.91. The Morgan fingerprint density at radius 3 is 2.74 bits per heavy atom. The lowest BCUT2D eigenvalue weighted by Crippen LogP contribution is -2.44. The summed E-state index contributed by atoms with van der Waals surface area (Å²) in [5.41, 5.74) is 0.343. The van der Waals surface area contributed by atoms with Crippen LogP contribution in [0.2, 0.25) is 0 Å². The van der Waals surface area contributed by atoms with Crippen molar-refractivity contribution in [3.05, 3.63) is 23.3 Å². The normalized spacial score (nSPS) is 16.1. The van der Waals surface area contributed by atoms with Gasteiger partial charge in [0.25, 0.3) is 5.91 Å². The molecule has 0 saturated carbocycles. The van der Waals surface area contributed by atoms with Gasteiger partial charge in [0, 0.05) is 42.6 Å². The highest BCUT2D eigenvalue weighted by atomic mass is 32.1. The van der Waals surface area contributed by atoms with E-state index in [1.54, 1.807) is 13.0 Å². The number of aryl methyl sites for hydroxylation is 1. The molecule has 1 N–H and O–H groups in total. The number of carbonyl (C=O) groups is 1. The van der Waals surface area contributed by atoms with E-state index in [1.807, 2.05) is 0 Å². The number of amides is 1. The van der Waals surface area contributed by atoms with Gasteiger partial charge in [-0.05, 0) is 19.8 Å². The van der Waals surface area contributed by atoms with E-state index >= 15 is 0 Å². The molecule has 7 nitrogen and oxygen atoms in total. The quantitative estimate of drug-likeness (QED) is 0.923. The van der Waals surface area contributed by atoms with Gasteiger partial charge in [0.15, 0.2) is 5.69 Å². The predicted molar refractivity (Wildman–Crippen MR) is 87.9 cm³/mol. The van der Waals surface area contributed by atoms with Gasteiger partial charge in [-0.2, -0.15) is 4.37 Å². The minimum atomic E-state index is -0.168. The van der Waals surface area contributed by atoms with Crippen LogP contribution >= 0.6 is 11.5 Å². The molecule has 1 fully saturated rings. The standard InChI is InChI=1S/C15H21N5O2S/c1-9(2)13-17-15(23-19-13)20-6-4-11(5-7-20)16-14(21)12-8-10(3)22-18-12/h8-9,11H,4-7H2,1-3H3,(H,16,21). The second-order valence-electron chi connectivity index (χ2n) is 6.15. The summed E-state index contributed by atoms with van der Waals surface area (Å²) in [4.78, 5) is 18.9. The van der Waals surface area contributed by atoms with Gasteiger partial charge < -0.3 is 14.7 Å². The lowest BCUT2D eigenvalue weighted by molar-refractivity contribution is 0.0922. The fraction of sp³-hybridized carbons (Fsp3) is 0.600. The van der Waals surface area contributed by atoms with Crippen LogP contribution in [0.5, 0.6) is 0 Å². The molecule has 2 aromatic rings. The van der Waals surface area contributed by atoms with Crippen LogP contribution in [0.1, 0.15) is 54.7 Å².